The largest absolute Gasteiger partial charge is 0.441 e. The van der Waals surface area contributed by atoms with Gasteiger partial charge in [0.05, 0.1) is 72.7 Å². The molecule has 3 aromatic heterocycles. The van der Waals surface area contributed by atoms with E-state index in [0.717, 1.165) is 12.5 Å². The molecule has 2 saturated heterocycles. The number of aromatic nitrogens is 5. The quantitative estimate of drug-likeness (QED) is 0.0146. The van der Waals surface area contributed by atoms with Crippen LogP contribution in [0.3, 0.4) is 0 Å². The zero-order valence-corrected chi connectivity index (χ0v) is 55.1. The molecule has 11 unspecified atom stereocenters. The van der Waals surface area contributed by atoms with Crippen molar-refractivity contribution in [2.75, 3.05) is 50.9 Å². The van der Waals surface area contributed by atoms with Crippen LogP contribution in [0.15, 0.2) is 27.9 Å². The Balaban J connectivity index is 1.24. The number of ether oxygens (including phenoxy) is 5. The first-order valence-electron chi connectivity index (χ1n) is 30.6. The number of anilines is 1. The summed E-state index contributed by atoms with van der Waals surface area (Å²) < 4.78 is 28.7. The molecular weight excluding hydrogens is 1340 g/mol. The van der Waals surface area contributed by atoms with Crippen molar-refractivity contribution >= 4 is 87.4 Å². The monoisotopic (exact) mass is 1430 g/mol. The number of carbonyl (C=O) groups is 8. The first kappa shape index (κ1) is 79.0. The van der Waals surface area contributed by atoms with Crippen LogP contribution in [0, 0.1) is 12.8 Å². The lowest BCUT2D eigenvalue weighted by atomic mass is 9.96. The molecule has 41 nitrogen and oxygen atoms in total. The van der Waals surface area contributed by atoms with Crippen LogP contribution >= 0.6 is 23.1 Å². The number of thiazole rings is 1. The Bertz CT molecular complexity index is 3280. The fourth-order valence-corrected chi connectivity index (χ4v) is 12.1. The first-order chi connectivity index (χ1) is 46.3. The number of imidazole rings is 1. The summed E-state index contributed by atoms with van der Waals surface area (Å²) >= 11 is 2.69. The normalized spacial score (nSPS) is 25.1. The van der Waals surface area contributed by atoms with E-state index >= 15 is 4.79 Å². The molecule has 3 aromatic rings. The second-order valence-electron chi connectivity index (χ2n) is 23.0. The number of aliphatic hydroxyl groups excluding tert-OH is 8. The van der Waals surface area contributed by atoms with Crippen molar-refractivity contribution in [2.45, 2.75) is 169 Å². The molecule has 98 heavy (non-hydrogen) atoms. The van der Waals surface area contributed by atoms with Gasteiger partial charge in [0, 0.05) is 55.7 Å². The standard InChI is InChI=1S/C55H86N20O21S2/c1-19-32(72-45(75-43(19)58)24(11-30(57)79)67-12-23(56)44(59)85)49(89)74-34(40(25-13-63-18-68-25)94-53-42(38(83)36(81)28(14-76)93-53)95-52-39(84)41(96-55(62)91)37(82)29(15-77)92-52)50(90)69-21(3)35(80)20(2)46(86)73-33(22(4)78)48(88)65-10-7-31-70-27(17-97-31)51-71-26(16-98-51)47(87)64-8-5-6-9-66-54(60)61/h13,16,18,20-24,27-29,33-42,52-53,67,76-78,80-84H,5-12,14-15,17,56H2,1-4H3,(H2,57,79)(H2,59,85)(H2,62,91)(H,63,68)(H,64,87)(H,65,88)(H,69,90)(H,73,86)(H,74,89)(H2,58,72,75)(H4,60,61,66)/t20-,21+,22+,23-,24-,27?,28?,29?,33-,34-,35-,36?,37?,38?,39?,40-,41?,42?,52?,53?/m0/s1. The third-order valence-electron chi connectivity index (χ3n) is 15.7. The Labute approximate surface area is 566 Å². The molecule has 8 amide bonds. The number of aliphatic imine (C=N–C) groups is 2. The minimum atomic E-state index is -2.20. The third kappa shape index (κ3) is 21.3. The Morgan fingerprint density at radius 3 is 2.13 bits per heavy atom. The molecule has 2 fully saturated rings. The molecule has 3 aliphatic rings. The average Bonchev–Trinajstić information content (AvgIpc) is 0.925. The van der Waals surface area contributed by atoms with E-state index in [2.05, 4.69) is 61.8 Å². The second kappa shape index (κ2) is 36.7. The van der Waals surface area contributed by atoms with Gasteiger partial charge in [0.15, 0.2) is 24.6 Å². The maximum absolute atomic E-state index is 15.2. The van der Waals surface area contributed by atoms with Crippen LogP contribution in [0.25, 0.3) is 0 Å². The number of guanidine groups is 1. The van der Waals surface area contributed by atoms with Gasteiger partial charge in [0.1, 0.15) is 95.0 Å². The van der Waals surface area contributed by atoms with Crippen LogP contribution in [0.5, 0.6) is 0 Å². The highest BCUT2D eigenvalue weighted by atomic mass is 32.2. The van der Waals surface area contributed by atoms with Crippen molar-refractivity contribution in [3.63, 3.8) is 0 Å². The molecule has 20 atom stereocenters. The topological polar surface area (TPSA) is 691 Å². The minimum absolute atomic E-state index is 0.00676. The highest BCUT2D eigenvalue weighted by molar-refractivity contribution is 8.14. The Morgan fingerprint density at radius 1 is 0.806 bits per heavy atom. The Hall–Kier alpha value is -7.99. The summed E-state index contributed by atoms with van der Waals surface area (Å²) in [6.45, 7) is 3.47. The summed E-state index contributed by atoms with van der Waals surface area (Å²) in [5.74, 6) is -8.26. The lowest BCUT2D eigenvalue weighted by Crippen LogP contribution is -2.65. The number of hydrogen-bond acceptors (Lipinski definition) is 32. The number of rotatable bonds is 36. The molecule has 0 saturated carbocycles. The number of thioether (sulfide) groups is 1. The number of nitrogens with zero attached hydrogens (tertiary/aromatic N) is 6. The fraction of sp³-hybridized carbons (Fsp3) is 0.636. The molecule has 544 valence electrons. The van der Waals surface area contributed by atoms with Gasteiger partial charge in [0.2, 0.25) is 29.5 Å². The summed E-state index contributed by atoms with van der Waals surface area (Å²) in [5.41, 5.74) is 38.2. The number of aromatic amines is 1. The molecule has 0 radical (unpaired) electrons. The van der Waals surface area contributed by atoms with E-state index in [4.69, 9.17) is 68.8 Å². The van der Waals surface area contributed by atoms with E-state index in [1.54, 1.807) is 5.38 Å². The first-order valence-corrected chi connectivity index (χ1v) is 32.5. The van der Waals surface area contributed by atoms with E-state index in [-0.39, 0.29) is 66.0 Å². The van der Waals surface area contributed by atoms with E-state index in [0.29, 0.717) is 41.7 Å². The van der Waals surface area contributed by atoms with E-state index in [1.165, 1.54) is 50.8 Å². The minimum Gasteiger partial charge on any atom is -0.441 e. The molecule has 0 bridgehead atoms. The Kier molecular flexibility index (Phi) is 29.6. The van der Waals surface area contributed by atoms with Gasteiger partial charge < -0.3 is 142 Å². The predicted molar refractivity (Wildman–Crippen MR) is 342 cm³/mol. The number of H-pyrrole nitrogens is 1. The summed E-state index contributed by atoms with van der Waals surface area (Å²) in [6, 6.07) is -8.23. The summed E-state index contributed by atoms with van der Waals surface area (Å²) in [6.07, 6.45) is -23.8. The second-order valence-corrected chi connectivity index (χ2v) is 25.0. The van der Waals surface area contributed by atoms with Gasteiger partial charge in [-0.25, -0.2) is 24.7 Å². The number of nitrogen functional groups attached to an aromatic ring is 1. The van der Waals surface area contributed by atoms with Crippen LogP contribution in [-0.2, 0) is 47.7 Å². The molecule has 3 aliphatic heterocycles. The Morgan fingerprint density at radius 2 is 1.50 bits per heavy atom. The molecular formula is C55H86N20O21S2. The van der Waals surface area contributed by atoms with Gasteiger partial charge >= 0.3 is 6.09 Å². The summed E-state index contributed by atoms with van der Waals surface area (Å²) in [7, 11) is 0. The number of nitrogens with two attached hydrogens (primary N) is 7. The van der Waals surface area contributed by atoms with Gasteiger partial charge in [-0.1, -0.05) is 6.92 Å². The average molecular weight is 1430 g/mol. The molecule has 6 rings (SSSR count). The van der Waals surface area contributed by atoms with Crippen molar-refractivity contribution in [3.05, 3.63) is 51.4 Å². The number of hydrogen-bond donors (Lipinski definition) is 22. The van der Waals surface area contributed by atoms with Gasteiger partial charge in [-0.15, -0.1) is 23.1 Å². The number of carbonyl (C=O) groups excluding carboxylic acids is 8. The molecule has 29 N–H and O–H groups in total. The summed E-state index contributed by atoms with van der Waals surface area (Å²) in [4.78, 5) is 135. The van der Waals surface area contributed by atoms with Gasteiger partial charge in [-0.2, -0.15) is 0 Å². The maximum Gasteiger partial charge on any atom is 0.404 e. The number of aliphatic hydroxyl groups is 8. The van der Waals surface area contributed by atoms with Crippen LogP contribution < -0.4 is 72.0 Å². The number of unbranched alkanes of at least 4 members (excludes halogenated alkanes) is 1. The van der Waals surface area contributed by atoms with Crippen molar-refractivity contribution in [1.29, 1.82) is 0 Å². The fourth-order valence-electron chi connectivity index (χ4n) is 10.1. The van der Waals surface area contributed by atoms with Crippen LogP contribution in [0.1, 0.15) is 108 Å². The van der Waals surface area contributed by atoms with Crippen LogP contribution in [-0.4, -0.2) is 267 Å². The zero-order chi connectivity index (χ0) is 72.4. The SMILES string of the molecule is Cc1c(N)nc([C@H](CC(N)=O)NC[C@H](N)C(N)=O)nc1C(=O)N[C@H](C(=O)N[C@H](C)[C@@H](O)[C@H](C)C(=O)N[C@H](C(=O)NCCC1=NC(c2nc(C(=O)NCCCCN=C(N)N)cs2)CS1)[C@@H](C)O)[C@@H](OC1OC(CO)C(O)C(O)C1OC1OC(CO)C(O)C(OC(N)=O)C1O)c1cnc[nH]1. The third-order valence-corrected chi connectivity index (χ3v) is 17.7. The van der Waals surface area contributed by atoms with Crippen molar-refractivity contribution in [3.8, 4) is 0 Å². The highest BCUT2D eigenvalue weighted by Crippen LogP contribution is 2.36. The van der Waals surface area contributed by atoms with Crippen LogP contribution in [0.4, 0.5) is 10.6 Å². The van der Waals surface area contributed by atoms with Gasteiger partial charge in [-0.3, -0.25) is 43.5 Å². The number of primary amides is 3. The van der Waals surface area contributed by atoms with Crippen molar-refractivity contribution in [1.82, 2.24) is 56.8 Å². The van der Waals surface area contributed by atoms with Gasteiger partial charge in [-0.05, 0) is 33.6 Å². The van der Waals surface area contributed by atoms with Crippen LogP contribution in [0.2, 0.25) is 0 Å². The number of amides is 8. The van der Waals surface area contributed by atoms with Crippen molar-refractivity contribution in [2.24, 2.45) is 50.3 Å². The summed E-state index contributed by atoms with van der Waals surface area (Å²) in [5, 5.41) is 107. The maximum atomic E-state index is 15.2. The molecule has 6 heterocycles. The lowest BCUT2D eigenvalue weighted by molar-refractivity contribution is -0.372. The smallest absolute Gasteiger partial charge is 0.404 e. The number of nitrogens with one attached hydrogen (secondary N) is 7. The van der Waals surface area contributed by atoms with Crippen molar-refractivity contribution < 1.29 is 103 Å². The van der Waals surface area contributed by atoms with E-state index in [9.17, 15) is 74.4 Å². The molecule has 43 heteroatoms. The zero-order valence-electron chi connectivity index (χ0n) is 53.5. The highest BCUT2D eigenvalue weighted by Gasteiger charge is 2.54. The van der Waals surface area contributed by atoms with Gasteiger partial charge in [0.25, 0.3) is 11.8 Å². The molecule has 0 aliphatic carbocycles. The molecule has 0 aromatic carbocycles. The molecule has 0 spiro atoms. The lowest BCUT2D eigenvalue weighted by Gasteiger charge is -2.47. The van der Waals surface area contributed by atoms with E-state index in [1.807, 2.05) is 0 Å². The predicted octanol–water partition coefficient (Wildman–Crippen LogP) is -9.01. The van der Waals surface area contributed by atoms with E-state index < -0.39 is 183 Å².